The smallest absolute Gasteiger partial charge is 0.264 e. The predicted octanol–water partition coefficient (Wildman–Crippen LogP) is 6.36. The van der Waals surface area contributed by atoms with Gasteiger partial charge < -0.3 is 0 Å². The summed E-state index contributed by atoms with van der Waals surface area (Å²) in [4.78, 5) is 13.1. The summed E-state index contributed by atoms with van der Waals surface area (Å²) >= 11 is 1.53. The predicted molar refractivity (Wildman–Crippen MR) is 97.1 cm³/mol. The number of halogens is 6. The number of hydrogen-bond donors (Lipinski definition) is 0. The summed E-state index contributed by atoms with van der Waals surface area (Å²) in [6, 6.07) is 3.05. The number of rotatable bonds is 4. The zero-order valence-electron chi connectivity index (χ0n) is 14.8. The van der Waals surface area contributed by atoms with E-state index in [1.54, 1.807) is 18.5 Å². The lowest BCUT2D eigenvalue weighted by molar-refractivity contribution is -0.143. The van der Waals surface area contributed by atoms with Crippen LogP contribution in [0.1, 0.15) is 18.1 Å². The molecule has 0 atom stereocenters. The van der Waals surface area contributed by atoms with E-state index in [-0.39, 0.29) is 17.3 Å². The fourth-order valence-electron chi connectivity index (χ4n) is 2.58. The van der Waals surface area contributed by atoms with Crippen LogP contribution in [0, 0.1) is 0 Å². The summed E-state index contributed by atoms with van der Waals surface area (Å²) in [7, 11) is 0. The van der Waals surface area contributed by atoms with Crippen LogP contribution in [0.25, 0.3) is 22.5 Å². The fourth-order valence-corrected chi connectivity index (χ4v) is 3.36. The fraction of sp³-hybridized carbons (Fsp3) is 0.211. The number of benzene rings is 1. The summed E-state index contributed by atoms with van der Waals surface area (Å²) in [5, 5.41) is 0. The van der Waals surface area contributed by atoms with Gasteiger partial charge in [-0.3, -0.25) is 15.0 Å². The molecule has 0 unspecified atom stereocenters. The molecular weight excluding hydrogens is 416 g/mol. The van der Waals surface area contributed by atoms with Crippen molar-refractivity contribution in [3.63, 3.8) is 0 Å². The molecule has 0 aliphatic carbocycles. The first kappa shape index (κ1) is 21.1. The van der Waals surface area contributed by atoms with Gasteiger partial charge in [-0.25, -0.2) is 0 Å². The number of nitrogens with zero attached hydrogens (tertiary/aromatic N) is 3. The van der Waals surface area contributed by atoms with E-state index >= 15 is 0 Å². The average Bonchev–Trinajstić information content (AvgIpc) is 2.67. The maximum absolute atomic E-state index is 13.0. The monoisotopic (exact) mass is 429 g/mol. The summed E-state index contributed by atoms with van der Waals surface area (Å²) < 4.78 is 78.3. The van der Waals surface area contributed by atoms with Gasteiger partial charge in [0, 0.05) is 28.4 Å². The third-order valence-corrected chi connectivity index (χ3v) is 4.82. The Kier molecular flexibility index (Phi) is 5.83. The van der Waals surface area contributed by atoms with Crippen LogP contribution in [-0.2, 0) is 12.4 Å². The quantitative estimate of drug-likeness (QED) is 0.358. The van der Waals surface area contributed by atoms with Gasteiger partial charge in [-0.1, -0.05) is 6.92 Å². The molecule has 1 aromatic carbocycles. The Morgan fingerprint density at radius 2 is 1.41 bits per heavy atom. The highest BCUT2D eigenvalue weighted by atomic mass is 32.2. The molecule has 0 bridgehead atoms. The third kappa shape index (κ3) is 4.87. The summed E-state index contributed by atoms with van der Waals surface area (Å²) in [6.07, 6.45) is -4.16. The van der Waals surface area contributed by atoms with Crippen molar-refractivity contribution in [3.05, 3.63) is 60.2 Å². The van der Waals surface area contributed by atoms with Crippen LogP contribution in [0.15, 0.2) is 53.9 Å². The zero-order valence-corrected chi connectivity index (χ0v) is 15.7. The molecule has 2 aromatic heterocycles. The molecule has 0 saturated carbocycles. The van der Waals surface area contributed by atoms with Crippen molar-refractivity contribution in [1.82, 2.24) is 15.0 Å². The van der Waals surface area contributed by atoms with Gasteiger partial charge in [0.15, 0.2) is 0 Å². The van der Waals surface area contributed by atoms with Crippen LogP contribution in [0.5, 0.6) is 0 Å². The normalized spacial score (nSPS) is 12.2. The zero-order chi connectivity index (χ0) is 21.2. The number of pyridine rings is 1. The second-order valence-corrected chi connectivity index (χ2v) is 7.19. The maximum atomic E-state index is 13.0. The molecule has 3 nitrogen and oxygen atoms in total. The summed E-state index contributed by atoms with van der Waals surface area (Å²) in [5.74, 6) is 0.786. The summed E-state index contributed by atoms with van der Waals surface area (Å²) in [6.45, 7) is 1.96. The van der Waals surface area contributed by atoms with E-state index in [1.165, 1.54) is 18.0 Å². The Hall–Kier alpha value is -2.62. The Bertz CT molecular complexity index is 968. The molecule has 0 radical (unpaired) electrons. The Labute approximate surface area is 166 Å². The van der Waals surface area contributed by atoms with E-state index in [4.69, 9.17) is 0 Å². The minimum Gasteiger partial charge on any atom is -0.264 e. The number of aromatic nitrogens is 3. The van der Waals surface area contributed by atoms with Crippen molar-refractivity contribution in [1.29, 1.82) is 0 Å². The van der Waals surface area contributed by atoms with E-state index in [1.807, 2.05) is 6.92 Å². The molecule has 0 fully saturated rings. The lowest BCUT2D eigenvalue weighted by atomic mass is 10.0. The SMILES string of the molecule is CCSc1cnccc1-c1cnc(-c2cc(C(F)(F)F)cc(C(F)(F)F)c2)cn1. The lowest BCUT2D eigenvalue weighted by Crippen LogP contribution is -2.11. The van der Waals surface area contributed by atoms with Crippen molar-refractivity contribution in [2.45, 2.75) is 24.2 Å². The van der Waals surface area contributed by atoms with Gasteiger partial charge >= 0.3 is 12.4 Å². The van der Waals surface area contributed by atoms with Crippen molar-refractivity contribution >= 4 is 11.8 Å². The first-order valence-electron chi connectivity index (χ1n) is 8.28. The van der Waals surface area contributed by atoms with Crippen molar-refractivity contribution in [2.75, 3.05) is 5.75 Å². The van der Waals surface area contributed by atoms with E-state index in [2.05, 4.69) is 15.0 Å². The minimum atomic E-state index is -4.92. The highest BCUT2D eigenvalue weighted by Gasteiger charge is 2.37. The molecule has 2 heterocycles. The Balaban J connectivity index is 2.04. The van der Waals surface area contributed by atoms with Gasteiger partial charge in [0.1, 0.15) is 0 Å². The van der Waals surface area contributed by atoms with Crippen LogP contribution >= 0.6 is 11.8 Å². The van der Waals surface area contributed by atoms with Gasteiger partial charge in [-0.15, -0.1) is 11.8 Å². The van der Waals surface area contributed by atoms with Gasteiger partial charge in [0.25, 0.3) is 0 Å². The third-order valence-electron chi connectivity index (χ3n) is 3.90. The van der Waals surface area contributed by atoms with Crippen molar-refractivity contribution in [3.8, 4) is 22.5 Å². The van der Waals surface area contributed by atoms with E-state index in [0.717, 1.165) is 22.4 Å². The highest BCUT2D eigenvalue weighted by molar-refractivity contribution is 7.99. The first-order chi connectivity index (χ1) is 13.6. The molecule has 0 aliphatic rings. The van der Waals surface area contributed by atoms with Crippen LogP contribution in [0.2, 0.25) is 0 Å². The molecule has 10 heteroatoms. The van der Waals surface area contributed by atoms with Crippen LogP contribution < -0.4 is 0 Å². The van der Waals surface area contributed by atoms with E-state index in [0.29, 0.717) is 17.8 Å². The molecule has 0 amide bonds. The summed E-state index contributed by atoms with van der Waals surface area (Å²) in [5.41, 5.74) is -2.04. The van der Waals surface area contributed by atoms with Crippen molar-refractivity contribution < 1.29 is 26.3 Å². The molecular formula is C19H13F6N3S. The second-order valence-electron chi connectivity index (χ2n) is 5.89. The van der Waals surface area contributed by atoms with E-state index in [9.17, 15) is 26.3 Å². The van der Waals surface area contributed by atoms with Crippen LogP contribution in [0.3, 0.4) is 0 Å². The molecule has 0 aliphatic heterocycles. The van der Waals surface area contributed by atoms with Crippen molar-refractivity contribution in [2.24, 2.45) is 0 Å². The minimum absolute atomic E-state index is 0.0799. The highest BCUT2D eigenvalue weighted by Crippen LogP contribution is 2.38. The molecule has 3 rings (SSSR count). The molecule has 0 saturated heterocycles. The molecule has 0 N–H and O–H groups in total. The largest absolute Gasteiger partial charge is 0.416 e. The molecule has 29 heavy (non-hydrogen) atoms. The van der Waals surface area contributed by atoms with Crippen LogP contribution in [0.4, 0.5) is 26.3 Å². The standard InChI is InChI=1S/C19H13F6N3S/c1-2-29-17-10-26-4-3-14(17)16-9-27-15(8-28-16)11-5-12(18(20,21)22)7-13(6-11)19(23,24)25/h3-10H,2H2,1H3. The average molecular weight is 429 g/mol. The van der Waals surface area contributed by atoms with Gasteiger partial charge in [0.2, 0.25) is 0 Å². The number of alkyl halides is 6. The molecule has 0 spiro atoms. The topological polar surface area (TPSA) is 38.7 Å². The Morgan fingerprint density at radius 1 is 0.828 bits per heavy atom. The number of thioether (sulfide) groups is 1. The first-order valence-corrected chi connectivity index (χ1v) is 9.27. The maximum Gasteiger partial charge on any atom is 0.416 e. The van der Waals surface area contributed by atoms with Gasteiger partial charge in [-0.05, 0) is 30.0 Å². The van der Waals surface area contributed by atoms with Crippen LogP contribution in [-0.4, -0.2) is 20.7 Å². The van der Waals surface area contributed by atoms with Gasteiger partial charge in [-0.2, -0.15) is 26.3 Å². The molecule has 152 valence electrons. The molecule has 3 aromatic rings. The number of hydrogen-bond acceptors (Lipinski definition) is 4. The lowest BCUT2D eigenvalue weighted by Gasteiger charge is -2.14. The van der Waals surface area contributed by atoms with Gasteiger partial charge in [0.05, 0.1) is 34.9 Å². The van der Waals surface area contributed by atoms with E-state index < -0.39 is 23.5 Å². The Morgan fingerprint density at radius 3 is 1.93 bits per heavy atom. The second kappa shape index (κ2) is 8.02.